The van der Waals surface area contributed by atoms with Crippen LogP contribution in [-0.4, -0.2) is 0 Å². The first-order chi connectivity index (χ1) is 6.61. The highest BCUT2D eigenvalue weighted by atomic mass is 19.0. The van der Waals surface area contributed by atoms with E-state index >= 15 is 0 Å². The zero-order valence-electron chi connectivity index (χ0n) is 11.8. The monoisotopic (exact) mass is 242 g/mol. The fraction of sp³-hybridized carbons (Fsp3) is 0.625. The Morgan fingerprint density at radius 2 is 1.00 bits per heavy atom. The van der Waals surface area contributed by atoms with Gasteiger partial charge in [0.15, 0.2) is 0 Å². The van der Waals surface area contributed by atoms with Crippen molar-refractivity contribution in [3.8, 4) is 0 Å². The van der Waals surface area contributed by atoms with Crippen LogP contribution in [0.5, 0.6) is 0 Å². The highest BCUT2D eigenvalue weighted by Gasteiger charge is 2.11. The van der Waals surface area contributed by atoms with Gasteiger partial charge < -0.3 is 0 Å². The van der Waals surface area contributed by atoms with E-state index in [4.69, 9.17) is 0 Å². The maximum Gasteiger partial charge on any atom is -0.0132 e. The summed E-state index contributed by atoms with van der Waals surface area (Å²) in [5.41, 5.74) is 2.19. The normalized spacial score (nSPS) is 10.3. The van der Waals surface area contributed by atoms with Crippen LogP contribution in [0.15, 0.2) is 30.3 Å². The summed E-state index contributed by atoms with van der Waals surface area (Å²) in [5.74, 6) is 0. The van der Waals surface area contributed by atoms with Crippen LogP contribution in [0.3, 0.4) is 0 Å². The van der Waals surface area contributed by atoms with Crippen LogP contribution in [0.2, 0.25) is 0 Å². The van der Waals surface area contributed by atoms with Crippen molar-refractivity contribution in [2.75, 3.05) is 0 Å². The van der Waals surface area contributed by atoms with E-state index in [1.807, 2.05) is 0 Å². The molecule has 0 radical (unpaired) electrons. The third-order valence-corrected chi connectivity index (χ3v) is 1.64. The smallest absolute Gasteiger partial charge is 0.0132 e. The van der Waals surface area contributed by atoms with E-state index in [1.54, 1.807) is 0 Å². The molecule has 0 saturated heterocycles. The van der Waals surface area contributed by atoms with Crippen LogP contribution in [0.1, 0.15) is 61.5 Å². The summed E-state index contributed by atoms with van der Waals surface area (Å²) in [6.07, 6.45) is 0. The number of halogens is 1. The molecule has 0 amide bonds. The van der Waals surface area contributed by atoms with Gasteiger partial charge in [-0.05, 0) is 16.4 Å². The minimum Gasteiger partial charge on any atom is -0.269 e. The van der Waals surface area contributed by atoms with E-state index in [0.717, 1.165) is 0 Å². The Hall–Kier alpha value is -0.850. The van der Waals surface area contributed by atoms with E-state index in [-0.39, 0.29) is 12.1 Å². The van der Waals surface area contributed by atoms with Gasteiger partial charge in [0.05, 0.1) is 0 Å². The summed E-state index contributed by atoms with van der Waals surface area (Å²) in [4.78, 5) is 0. The van der Waals surface area contributed by atoms with Gasteiger partial charge in [0, 0.05) is 0 Å². The predicted molar refractivity (Wildman–Crippen MR) is 79.5 cm³/mol. The number of benzene rings is 1. The molecule has 0 spiro atoms. The molecule has 0 aliphatic rings. The summed E-state index contributed by atoms with van der Waals surface area (Å²) in [7, 11) is 0. The van der Waals surface area contributed by atoms with Crippen molar-refractivity contribution in [2.45, 2.75) is 61.3 Å². The van der Waals surface area contributed by atoms with E-state index in [9.17, 15) is 0 Å². The second kappa shape index (κ2) is 8.27. The van der Waals surface area contributed by atoms with E-state index in [2.05, 4.69) is 78.8 Å². The fourth-order valence-corrected chi connectivity index (χ4v) is 0.938. The quantitative estimate of drug-likeness (QED) is 0.537. The minimum absolute atomic E-state index is 0. The van der Waals surface area contributed by atoms with Gasteiger partial charge in [-0.2, -0.15) is 0 Å². The Kier molecular flexibility index (Phi) is 10.4. The summed E-state index contributed by atoms with van der Waals surface area (Å²) >= 11 is 0. The molecule has 1 heteroatoms. The molecule has 0 atom stereocenters. The number of rotatable bonds is 0. The average molecular weight is 242 g/mol. The zero-order valence-corrected chi connectivity index (χ0v) is 11.8. The summed E-state index contributed by atoms with van der Waals surface area (Å²) in [6, 6.07) is 10.6. The lowest BCUT2D eigenvalue weighted by Crippen LogP contribution is -2.10. The Morgan fingerprint density at radius 1 is 0.706 bits per heavy atom. The second-order valence-corrected chi connectivity index (χ2v) is 6.62. The van der Waals surface area contributed by atoms with Gasteiger partial charge in [0.25, 0.3) is 0 Å². The van der Waals surface area contributed by atoms with Crippen LogP contribution in [0.4, 0.5) is 4.70 Å². The maximum absolute atomic E-state index is 2.22. The van der Waals surface area contributed by atoms with Crippen molar-refractivity contribution < 1.29 is 4.70 Å². The highest BCUT2D eigenvalue weighted by Crippen LogP contribution is 2.20. The summed E-state index contributed by atoms with van der Waals surface area (Å²) in [5, 5.41) is 0. The lowest BCUT2D eigenvalue weighted by atomic mass is 9.87. The SMILES string of the molecule is C.CC(C)(C)C.CC(C)(C)c1ccccc1.F. The number of hydrogen-bond acceptors (Lipinski definition) is 0. The largest absolute Gasteiger partial charge is 0.269 e. The summed E-state index contributed by atoms with van der Waals surface area (Å²) < 4.78 is 0. The molecule has 1 aromatic carbocycles. The predicted octanol–water partition coefficient (Wildman–Crippen LogP) is 5.83. The highest BCUT2D eigenvalue weighted by molar-refractivity contribution is 5.21. The Balaban J connectivity index is -0.000000247. The van der Waals surface area contributed by atoms with Crippen LogP contribution in [0.25, 0.3) is 0 Å². The van der Waals surface area contributed by atoms with Crippen molar-refractivity contribution in [1.29, 1.82) is 0 Å². The van der Waals surface area contributed by atoms with E-state index in [0.29, 0.717) is 10.8 Å². The van der Waals surface area contributed by atoms with Gasteiger partial charge in [-0.3, -0.25) is 4.70 Å². The molecule has 0 aromatic heterocycles. The van der Waals surface area contributed by atoms with Crippen molar-refractivity contribution >= 4 is 0 Å². The molecule has 0 nitrogen and oxygen atoms in total. The van der Waals surface area contributed by atoms with Crippen molar-refractivity contribution in [2.24, 2.45) is 5.41 Å². The van der Waals surface area contributed by atoms with Gasteiger partial charge in [-0.25, -0.2) is 0 Å². The first-order valence-electron chi connectivity index (χ1n) is 5.66. The van der Waals surface area contributed by atoms with Gasteiger partial charge in [-0.1, -0.05) is 86.2 Å². The second-order valence-electron chi connectivity index (χ2n) is 6.62. The van der Waals surface area contributed by atoms with Gasteiger partial charge in [0.1, 0.15) is 0 Å². The molecule has 0 N–H and O–H groups in total. The topological polar surface area (TPSA) is 0 Å². The molecular weight excluding hydrogens is 211 g/mol. The lowest BCUT2D eigenvalue weighted by Gasteiger charge is -2.18. The van der Waals surface area contributed by atoms with E-state index in [1.165, 1.54) is 5.56 Å². The van der Waals surface area contributed by atoms with Crippen LogP contribution in [0, 0.1) is 5.41 Å². The van der Waals surface area contributed by atoms with Crippen molar-refractivity contribution in [3.63, 3.8) is 0 Å². The Morgan fingerprint density at radius 3 is 1.18 bits per heavy atom. The third-order valence-electron chi connectivity index (χ3n) is 1.64. The average Bonchev–Trinajstić information content (AvgIpc) is 2.01. The van der Waals surface area contributed by atoms with Crippen LogP contribution >= 0.6 is 0 Å². The molecule has 0 unspecified atom stereocenters. The van der Waals surface area contributed by atoms with Crippen LogP contribution < -0.4 is 0 Å². The summed E-state index contributed by atoms with van der Waals surface area (Å²) in [6.45, 7) is 15.4. The molecule has 0 heterocycles. The molecule has 17 heavy (non-hydrogen) atoms. The van der Waals surface area contributed by atoms with Gasteiger partial charge in [0.2, 0.25) is 0 Å². The molecule has 0 aliphatic carbocycles. The molecule has 0 fully saturated rings. The molecule has 0 aliphatic heterocycles. The minimum atomic E-state index is 0. The molecule has 102 valence electrons. The van der Waals surface area contributed by atoms with E-state index < -0.39 is 0 Å². The van der Waals surface area contributed by atoms with Gasteiger partial charge in [-0.15, -0.1) is 0 Å². The Labute approximate surface area is 108 Å². The van der Waals surface area contributed by atoms with Crippen LogP contribution in [-0.2, 0) is 5.41 Å². The fourth-order valence-electron chi connectivity index (χ4n) is 0.938. The molecule has 0 saturated carbocycles. The van der Waals surface area contributed by atoms with Crippen molar-refractivity contribution in [3.05, 3.63) is 35.9 Å². The van der Waals surface area contributed by atoms with Crippen molar-refractivity contribution in [1.82, 2.24) is 0 Å². The molecule has 1 rings (SSSR count). The Bertz CT molecular complexity index is 256. The first kappa shape index (κ1) is 21.4. The molecular formula is C16H31F. The molecule has 1 aromatic rings. The molecule has 0 bridgehead atoms. The maximum atomic E-state index is 2.22. The first-order valence-corrected chi connectivity index (χ1v) is 5.66. The van der Waals surface area contributed by atoms with Gasteiger partial charge >= 0.3 is 0 Å². The number of hydrogen-bond donors (Lipinski definition) is 0. The lowest BCUT2D eigenvalue weighted by molar-refractivity contribution is 0.469. The third kappa shape index (κ3) is 15.1. The standard InChI is InChI=1S/C10H14.C5H12.CH4.FH/c1-10(2,3)9-7-5-4-6-8-9;1-5(2,3)4;;/h4-8H,1-3H3;1-4H3;1H4;1H. The zero-order chi connectivity index (χ0) is 12.1.